The molecular formula is C13H13FIN3O5. The van der Waals surface area contributed by atoms with Crippen LogP contribution in [0, 0.1) is 11.3 Å². The Morgan fingerprint density at radius 2 is 2.09 bits per heavy atom. The summed E-state index contributed by atoms with van der Waals surface area (Å²) in [6, 6.07) is 2.87. The van der Waals surface area contributed by atoms with Gasteiger partial charge in [0.15, 0.2) is 18.0 Å². The predicted molar refractivity (Wildman–Crippen MR) is 82.5 cm³/mol. The minimum Gasteiger partial charge on any atom is -0.338 e. The van der Waals surface area contributed by atoms with Crippen LogP contribution in [0.1, 0.15) is 13.8 Å². The SMILES string of the molecule is CC1(C)OC2[C@H](O1)[C@](C#N)(n1ccc(=O)[nH]c1=O)O[C@]2(F)CI. The number of fused-ring (bicyclic) bond motifs is 1. The summed E-state index contributed by atoms with van der Waals surface area (Å²) in [5, 5.41) is 9.68. The third kappa shape index (κ3) is 2.34. The van der Waals surface area contributed by atoms with Crippen LogP contribution in [-0.2, 0) is 19.9 Å². The Morgan fingerprint density at radius 1 is 1.43 bits per heavy atom. The van der Waals surface area contributed by atoms with Crippen molar-refractivity contribution < 1.29 is 18.6 Å². The van der Waals surface area contributed by atoms with E-state index in [1.54, 1.807) is 36.4 Å². The summed E-state index contributed by atoms with van der Waals surface area (Å²) in [6.07, 6.45) is -1.28. The Bertz CT molecular complexity index is 802. The summed E-state index contributed by atoms with van der Waals surface area (Å²) in [4.78, 5) is 25.4. The molecule has 1 N–H and O–H groups in total. The number of aromatic nitrogens is 2. The van der Waals surface area contributed by atoms with Gasteiger partial charge in [0.05, 0.1) is 4.43 Å². The fourth-order valence-corrected chi connectivity index (χ4v) is 3.44. The van der Waals surface area contributed by atoms with Gasteiger partial charge in [-0.2, -0.15) is 5.26 Å². The molecule has 124 valence electrons. The van der Waals surface area contributed by atoms with Crippen LogP contribution in [0.5, 0.6) is 0 Å². The average molecular weight is 437 g/mol. The fourth-order valence-electron chi connectivity index (χ4n) is 2.85. The lowest BCUT2D eigenvalue weighted by Gasteiger charge is -2.31. The molecule has 0 bridgehead atoms. The topological polar surface area (TPSA) is 106 Å². The van der Waals surface area contributed by atoms with E-state index >= 15 is 4.39 Å². The Labute approximate surface area is 143 Å². The van der Waals surface area contributed by atoms with Crippen molar-refractivity contribution in [3.05, 3.63) is 33.1 Å². The lowest BCUT2D eigenvalue weighted by molar-refractivity contribution is -0.266. The monoisotopic (exact) mass is 437 g/mol. The first-order valence-corrected chi connectivity index (χ1v) is 8.24. The Morgan fingerprint density at radius 3 is 2.65 bits per heavy atom. The maximum Gasteiger partial charge on any atom is 0.331 e. The van der Waals surface area contributed by atoms with Crippen LogP contribution in [-0.4, -0.2) is 37.8 Å². The van der Waals surface area contributed by atoms with Gasteiger partial charge in [-0.15, -0.1) is 0 Å². The van der Waals surface area contributed by atoms with E-state index in [4.69, 9.17) is 14.2 Å². The summed E-state index contributed by atoms with van der Waals surface area (Å²) in [5.74, 6) is -3.46. The van der Waals surface area contributed by atoms with Gasteiger partial charge in [-0.25, -0.2) is 9.18 Å². The normalized spacial score (nSPS) is 38.2. The van der Waals surface area contributed by atoms with Gasteiger partial charge in [-0.05, 0) is 13.8 Å². The summed E-state index contributed by atoms with van der Waals surface area (Å²) < 4.78 is 32.4. The van der Waals surface area contributed by atoms with E-state index in [2.05, 4.69) is 0 Å². The molecule has 2 saturated heterocycles. The van der Waals surface area contributed by atoms with E-state index in [1.807, 2.05) is 11.1 Å². The maximum absolute atomic E-state index is 15.1. The van der Waals surface area contributed by atoms with Gasteiger partial charge in [-0.3, -0.25) is 19.1 Å². The number of nitrogens with one attached hydrogen (secondary N) is 1. The molecule has 0 aromatic carbocycles. The van der Waals surface area contributed by atoms with Gasteiger partial charge < -0.3 is 9.47 Å². The number of nitrogens with zero attached hydrogens (tertiary/aromatic N) is 2. The molecule has 1 aromatic rings. The summed E-state index contributed by atoms with van der Waals surface area (Å²) in [5.41, 5.74) is -3.62. The molecule has 2 aliphatic rings. The molecule has 0 aliphatic carbocycles. The quantitative estimate of drug-likeness (QED) is 0.530. The molecule has 0 spiro atoms. The molecule has 3 heterocycles. The lowest BCUT2D eigenvalue weighted by atomic mass is 10.0. The summed E-state index contributed by atoms with van der Waals surface area (Å²) in [6.45, 7) is 3.16. The first-order chi connectivity index (χ1) is 10.7. The Hall–Kier alpha value is -1.29. The Kier molecular flexibility index (Phi) is 3.67. The van der Waals surface area contributed by atoms with Crippen LogP contribution >= 0.6 is 22.6 Å². The summed E-state index contributed by atoms with van der Waals surface area (Å²) in [7, 11) is 0. The molecule has 23 heavy (non-hydrogen) atoms. The van der Waals surface area contributed by atoms with E-state index in [0.29, 0.717) is 0 Å². The fraction of sp³-hybridized carbons (Fsp3) is 0.615. The second-order valence-corrected chi connectivity index (χ2v) is 6.55. The van der Waals surface area contributed by atoms with Gasteiger partial charge in [0.1, 0.15) is 6.07 Å². The van der Waals surface area contributed by atoms with Crippen LogP contribution in [0.2, 0.25) is 0 Å². The van der Waals surface area contributed by atoms with E-state index < -0.39 is 40.8 Å². The molecule has 4 atom stereocenters. The van der Waals surface area contributed by atoms with Crippen LogP contribution in [0.4, 0.5) is 4.39 Å². The molecule has 2 fully saturated rings. The van der Waals surface area contributed by atoms with E-state index in [9.17, 15) is 14.9 Å². The third-order valence-corrected chi connectivity index (χ3v) is 4.80. The lowest BCUT2D eigenvalue weighted by Crippen LogP contribution is -2.51. The van der Waals surface area contributed by atoms with E-state index in [-0.39, 0.29) is 4.43 Å². The molecule has 2 aliphatic heterocycles. The predicted octanol–water partition coefficient (Wildman–Crippen LogP) is 0.364. The van der Waals surface area contributed by atoms with Gasteiger partial charge in [-0.1, -0.05) is 22.6 Å². The highest BCUT2D eigenvalue weighted by Gasteiger charge is 2.71. The van der Waals surface area contributed by atoms with Crippen molar-refractivity contribution >= 4 is 22.6 Å². The zero-order valence-electron chi connectivity index (χ0n) is 12.2. The first-order valence-electron chi connectivity index (χ1n) is 6.72. The minimum absolute atomic E-state index is 0.132. The Balaban J connectivity index is 2.21. The van der Waals surface area contributed by atoms with Crippen LogP contribution in [0.15, 0.2) is 21.9 Å². The largest absolute Gasteiger partial charge is 0.338 e. The standard InChI is InChI=1S/C13H13FIN3O5/c1-11(2)21-8-9(22-11)13(6-16,23-12(8,14)5-15)18-4-3-7(19)17-10(18)20/h3-4,8-9H,5H2,1-2H3,(H,17,19,20)/t8?,9-,12+,13+/m0/s1. The zero-order valence-corrected chi connectivity index (χ0v) is 14.4. The number of H-pyrrole nitrogens is 1. The molecule has 1 unspecified atom stereocenters. The van der Waals surface area contributed by atoms with Gasteiger partial charge in [0.2, 0.25) is 5.85 Å². The number of rotatable bonds is 2. The van der Waals surface area contributed by atoms with Crippen molar-refractivity contribution in [1.82, 2.24) is 9.55 Å². The number of halogens is 2. The van der Waals surface area contributed by atoms with E-state index in [1.165, 1.54) is 0 Å². The molecule has 10 heteroatoms. The maximum atomic E-state index is 15.1. The third-order valence-electron chi connectivity index (χ3n) is 3.76. The second kappa shape index (κ2) is 5.10. The van der Waals surface area contributed by atoms with Crippen molar-refractivity contribution in [1.29, 1.82) is 5.26 Å². The minimum atomic E-state index is -2.32. The zero-order chi connectivity index (χ0) is 17.0. The number of ether oxygens (including phenoxy) is 3. The number of alkyl halides is 2. The van der Waals surface area contributed by atoms with Gasteiger partial charge >= 0.3 is 5.69 Å². The molecule has 0 saturated carbocycles. The number of hydrogen-bond acceptors (Lipinski definition) is 6. The molecule has 0 amide bonds. The van der Waals surface area contributed by atoms with Crippen molar-refractivity contribution in [3.63, 3.8) is 0 Å². The number of aromatic amines is 1. The number of nitriles is 1. The molecule has 8 nitrogen and oxygen atoms in total. The highest BCUT2D eigenvalue weighted by Crippen LogP contribution is 2.51. The van der Waals surface area contributed by atoms with Crippen molar-refractivity contribution in [3.8, 4) is 6.07 Å². The summed E-state index contributed by atoms with van der Waals surface area (Å²) >= 11 is 1.77. The first kappa shape index (κ1) is 16.6. The molecule has 3 rings (SSSR count). The van der Waals surface area contributed by atoms with Crippen molar-refractivity contribution in [2.45, 2.75) is 43.4 Å². The van der Waals surface area contributed by atoms with Crippen molar-refractivity contribution in [2.24, 2.45) is 0 Å². The molecule has 1 aromatic heterocycles. The van der Waals surface area contributed by atoms with Gasteiger partial charge in [0.25, 0.3) is 11.3 Å². The smallest absolute Gasteiger partial charge is 0.331 e. The number of hydrogen-bond donors (Lipinski definition) is 1. The van der Waals surface area contributed by atoms with E-state index in [0.717, 1.165) is 16.8 Å². The van der Waals surface area contributed by atoms with Crippen LogP contribution in [0.25, 0.3) is 0 Å². The molecular weight excluding hydrogens is 424 g/mol. The highest BCUT2D eigenvalue weighted by molar-refractivity contribution is 14.1. The average Bonchev–Trinajstić information content (AvgIpc) is 2.92. The second-order valence-electron chi connectivity index (χ2n) is 5.79. The van der Waals surface area contributed by atoms with Crippen LogP contribution in [0.3, 0.4) is 0 Å². The molecule has 0 radical (unpaired) electrons. The van der Waals surface area contributed by atoms with Crippen molar-refractivity contribution in [2.75, 3.05) is 4.43 Å². The van der Waals surface area contributed by atoms with Gasteiger partial charge in [0, 0.05) is 12.3 Å². The van der Waals surface area contributed by atoms with Crippen LogP contribution < -0.4 is 11.2 Å². The highest BCUT2D eigenvalue weighted by atomic mass is 127.